The Morgan fingerprint density at radius 3 is 2.66 bits per heavy atom. The number of quaternary nitrogens is 1. The maximum absolute atomic E-state index is 13.5. The highest BCUT2D eigenvalue weighted by Crippen LogP contribution is 2.34. The highest BCUT2D eigenvalue weighted by molar-refractivity contribution is 7.22. The number of amides is 1. The largest absolute Gasteiger partial charge is 0.486 e. The van der Waals surface area contributed by atoms with E-state index in [1.165, 1.54) is 10.5 Å². The third-order valence-corrected chi connectivity index (χ3v) is 6.22. The lowest BCUT2D eigenvalue weighted by Crippen LogP contribution is -3.06. The number of aryl methyl sites for hydroxylation is 2. The average Bonchev–Trinajstić information content (AvgIpc) is 3.15. The summed E-state index contributed by atoms with van der Waals surface area (Å²) < 4.78 is 12.3. The lowest BCUT2D eigenvalue weighted by Gasteiger charge is -2.22. The van der Waals surface area contributed by atoms with Crippen LogP contribution in [0.5, 0.6) is 11.5 Å². The van der Waals surface area contributed by atoms with E-state index in [-0.39, 0.29) is 5.91 Å². The molecule has 152 valence electrons. The topological polar surface area (TPSA) is 56.1 Å². The summed E-state index contributed by atoms with van der Waals surface area (Å²) in [6.45, 7) is 6.61. The van der Waals surface area contributed by atoms with E-state index in [1.54, 1.807) is 28.4 Å². The van der Waals surface area contributed by atoms with Crippen molar-refractivity contribution in [1.29, 1.82) is 0 Å². The molecule has 0 unspecified atom stereocenters. The number of ether oxygens (including phenoxy) is 2. The third kappa shape index (κ3) is 3.93. The Morgan fingerprint density at radius 1 is 1.14 bits per heavy atom. The van der Waals surface area contributed by atoms with Crippen LogP contribution in [0.2, 0.25) is 0 Å². The molecule has 29 heavy (non-hydrogen) atoms. The number of aromatic nitrogens is 1. The molecule has 0 bridgehead atoms. The van der Waals surface area contributed by atoms with Crippen LogP contribution in [0.25, 0.3) is 10.2 Å². The van der Waals surface area contributed by atoms with Gasteiger partial charge in [-0.15, -0.1) is 0 Å². The van der Waals surface area contributed by atoms with Gasteiger partial charge in [0.2, 0.25) is 0 Å². The Morgan fingerprint density at radius 2 is 1.90 bits per heavy atom. The minimum absolute atomic E-state index is 0.0725. The second-order valence-corrected chi connectivity index (χ2v) is 8.63. The summed E-state index contributed by atoms with van der Waals surface area (Å²) in [5.74, 6) is 1.23. The van der Waals surface area contributed by atoms with Crippen LogP contribution in [0.3, 0.4) is 0 Å². The molecule has 1 amide bonds. The highest BCUT2D eigenvalue weighted by atomic mass is 32.1. The predicted octanol–water partition coefficient (Wildman–Crippen LogP) is 2.48. The van der Waals surface area contributed by atoms with Crippen molar-refractivity contribution in [3.05, 3.63) is 47.0 Å². The van der Waals surface area contributed by atoms with Crippen LogP contribution < -0.4 is 19.3 Å². The quantitative estimate of drug-likeness (QED) is 0.700. The number of fused-ring (bicyclic) bond motifs is 2. The average molecular weight is 413 g/mol. The van der Waals surface area contributed by atoms with E-state index in [4.69, 9.17) is 14.5 Å². The van der Waals surface area contributed by atoms with E-state index in [0.29, 0.717) is 36.8 Å². The Labute approximate surface area is 174 Å². The zero-order chi connectivity index (χ0) is 20.5. The van der Waals surface area contributed by atoms with Gasteiger partial charge in [0.05, 0.1) is 37.4 Å². The fraction of sp³-hybridized carbons (Fsp3) is 0.364. The zero-order valence-corrected chi connectivity index (χ0v) is 18.1. The predicted molar refractivity (Wildman–Crippen MR) is 116 cm³/mol. The first-order chi connectivity index (χ1) is 13.9. The second-order valence-electron chi connectivity index (χ2n) is 7.62. The van der Waals surface area contributed by atoms with Gasteiger partial charge >= 0.3 is 0 Å². The molecular weight excluding hydrogens is 386 g/mol. The van der Waals surface area contributed by atoms with Gasteiger partial charge in [-0.25, -0.2) is 4.98 Å². The van der Waals surface area contributed by atoms with Gasteiger partial charge in [0.25, 0.3) is 5.91 Å². The molecule has 2 heterocycles. The number of nitrogens with zero attached hydrogens (tertiary/aromatic N) is 2. The minimum Gasteiger partial charge on any atom is -0.486 e. The monoisotopic (exact) mass is 412 g/mol. The minimum atomic E-state index is -0.0725. The van der Waals surface area contributed by atoms with Crippen molar-refractivity contribution in [2.45, 2.75) is 13.8 Å². The fourth-order valence-electron chi connectivity index (χ4n) is 3.28. The third-order valence-electron chi connectivity index (χ3n) is 5.17. The summed E-state index contributed by atoms with van der Waals surface area (Å²) in [6, 6.07) is 9.57. The molecule has 2 aromatic carbocycles. The number of carbonyl (C=O) groups excluding carboxylic acids is 1. The van der Waals surface area contributed by atoms with Crippen LogP contribution in [0, 0.1) is 13.8 Å². The maximum atomic E-state index is 13.5. The molecule has 6 nitrogen and oxygen atoms in total. The number of nitrogens with one attached hydrogen (secondary N) is 1. The Bertz CT molecular complexity index is 1060. The summed E-state index contributed by atoms with van der Waals surface area (Å²) >= 11 is 1.56. The van der Waals surface area contributed by atoms with Crippen molar-refractivity contribution < 1.29 is 19.2 Å². The van der Waals surface area contributed by atoms with E-state index in [2.05, 4.69) is 40.1 Å². The molecule has 7 heteroatoms. The fourth-order valence-corrected chi connectivity index (χ4v) is 4.33. The molecule has 1 aliphatic heterocycles. The molecule has 0 atom stereocenters. The number of carbonyl (C=O) groups is 1. The molecule has 0 aliphatic carbocycles. The maximum Gasteiger partial charge on any atom is 0.260 e. The first-order valence-corrected chi connectivity index (χ1v) is 10.6. The van der Waals surface area contributed by atoms with Gasteiger partial charge in [-0.05, 0) is 49.2 Å². The van der Waals surface area contributed by atoms with Crippen LogP contribution in [-0.2, 0) is 0 Å². The molecule has 1 N–H and O–H groups in total. The van der Waals surface area contributed by atoms with Crippen LogP contribution >= 0.6 is 11.3 Å². The molecule has 0 radical (unpaired) electrons. The number of thiazole rings is 1. The smallest absolute Gasteiger partial charge is 0.260 e. The molecule has 3 aromatic rings. The van der Waals surface area contributed by atoms with Gasteiger partial charge in [0.15, 0.2) is 16.6 Å². The van der Waals surface area contributed by atoms with E-state index in [0.717, 1.165) is 27.5 Å². The molecule has 4 rings (SSSR count). The standard InChI is InChI=1S/C22H25N3O3S/c1-14-5-8-19-20(15(14)2)23-22(29-19)25(10-9-24(3)4)21(26)16-6-7-17-18(13-16)28-12-11-27-17/h5-8,13H,9-12H2,1-4H3/p+1. The number of hydrogen-bond acceptors (Lipinski definition) is 5. The van der Waals surface area contributed by atoms with Gasteiger partial charge in [-0.1, -0.05) is 17.4 Å². The highest BCUT2D eigenvalue weighted by Gasteiger charge is 2.24. The summed E-state index contributed by atoms with van der Waals surface area (Å²) in [4.78, 5) is 21.4. The van der Waals surface area contributed by atoms with Crippen molar-refractivity contribution >= 4 is 32.6 Å². The molecule has 1 aliphatic rings. The van der Waals surface area contributed by atoms with Gasteiger partial charge in [0.1, 0.15) is 13.2 Å². The Balaban J connectivity index is 1.72. The lowest BCUT2D eigenvalue weighted by molar-refractivity contribution is -0.856. The van der Waals surface area contributed by atoms with Gasteiger partial charge < -0.3 is 14.4 Å². The van der Waals surface area contributed by atoms with Gasteiger partial charge in [-0.3, -0.25) is 9.69 Å². The SMILES string of the molecule is Cc1ccc2sc(N(CC[NH+](C)C)C(=O)c3ccc4c(c3)OCCO4)nc2c1C. The first kappa shape index (κ1) is 19.7. The number of likely N-dealkylation sites (N-methyl/N-ethyl adjacent to an activating group) is 1. The second kappa shape index (κ2) is 8.00. The summed E-state index contributed by atoms with van der Waals surface area (Å²) in [5.41, 5.74) is 3.92. The summed E-state index contributed by atoms with van der Waals surface area (Å²) in [5, 5.41) is 0.731. The van der Waals surface area contributed by atoms with Crippen LogP contribution in [0.4, 0.5) is 5.13 Å². The normalized spacial score (nSPS) is 13.1. The molecule has 0 saturated carbocycles. The lowest BCUT2D eigenvalue weighted by atomic mass is 10.1. The van der Waals surface area contributed by atoms with Crippen molar-refractivity contribution in [2.75, 3.05) is 45.3 Å². The number of rotatable bonds is 5. The first-order valence-electron chi connectivity index (χ1n) is 9.81. The number of hydrogen-bond donors (Lipinski definition) is 1. The zero-order valence-electron chi connectivity index (χ0n) is 17.2. The van der Waals surface area contributed by atoms with Gasteiger partial charge in [0, 0.05) is 5.56 Å². The molecule has 1 aromatic heterocycles. The Hall–Kier alpha value is -2.64. The van der Waals surface area contributed by atoms with Crippen molar-refractivity contribution in [3.63, 3.8) is 0 Å². The van der Waals surface area contributed by atoms with Crippen molar-refractivity contribution in [2.24, 2.45) is 0 Å². The molecule has 0 saturated heterocycles. The van der Waals surface area contributed by atoms with Crippen LogP contribution in [0.1, 0.15) is 21.5 Å². The van der Waals surface area contributed by atoms with Crippen LogP contribution in [-0.4, -0.2) is 51.3 Å². The van der Waals surface area contributed by atoms with Crippen molar-refractivity contribution in [3.8, 4) is 11.5 Å². The molecule has 0 spiro atoms. The van der Waals surface area contributed by atoms with E-state index < -0.39 is 0 Å². The van der Waals surface area contributed by atoms with Crippen molar-refractivity contribution in [1.82, 2.24) is 4.98 Å². The van der Waals surface area contributed by atoms with E-state index >= 15 is 0 Å². The number of anilines is 1. The molecule has 0 fully saturated rings. The Kier molecular flexibility index (Phi) is 5.43. The van der Waals surface area contributed by atoms with E-state index in [1.807, 2.05) is 6.07 Å². The van der Waals surface area contributed by atoms with Crippen LogP contribution in [0.15, 0.2) is 30.3 Å². The molecular formula is C22H26N3O3S+. The van der Waals surface area contributed by atoms with E-state index in [9.17, 15) is 4.79 Å². The summed E-state index contributed by atoms with van der Waals surface area (Å²) in [7, 11) is 4.16. The summed E-state index contributed by atoms with van der Waals surface area (Å²) in [6.07, 6.45) is 0. The van der Waals surface area contributed by atoms with Gasteiger partial charge in [-0.2, -0.15) is 0 Å². The number of benzene rings is 2.